The van der Waals surface area contributed by atoms with Gasteiger partial charge in [-0.3, -0.25) is 9.59 Å². The molecule has 5 nitrogen and oxygen atoms in total. The molecule has 5 heteroatoms. The molecule has 0 spiro atoms. The standard InChI is InChI=1S/C12H11N3O2/c13-11(16)10-6-14-12(17)9-5-7-3-1-2-4-8(7)15(9)10/h1-5,10H,6H2,(H2,13,16)(H,14,17). The summed E-state index contributed by atoms with van der Waals surface area (Å²) in [4.78, 5) is 23.2. The maximum atomic E-state index is 11.7. The number of nitrogens with one attached hydrogen (secondary N) is 1. The predicted molar refractivity (Wildman–Crippen MR) is 62.5 cm³/mol. The van der Waals surface area contributed by atoms with E-state index < -0.39 is 11.9 Å². The fourth-order valence-electron chi connectivity index (χ4n) is 2.29. The number of nitrogens with zero attached hydrogens (tertiary/aromatic N) is 1. The summed E-state index contributed by atoms with van der Waals surface area (Å²) in [6.45, 7) is 0.250. The van der Waals surface area contributed by atoms with Gasteiger partial charge in [0.15, 0.2) is 0 Å². The first kappa shape index (κ1) is 9.89. The van der Waals surface area contributed by atoms with Crippen molar-refractivity contribution >= 4 is 22.7 Å². The lowest BCUT2D eigenvalue weighted by Crippen LogP contribution is -2.44. The van der Waals surface area contributed by atoms with Gasteiger partial charge in [-0.15, -0.1) is 0 Å². The van der Waals surface area contributed by atoms with Crippen molar-refractivity contribution in [1.29, 1.82) is 0 Å². The van der Waals surface area contributed by atoms with E-state index >= 15 is 0 Å². The van der Waals surface area contributed by atoms with Gasteiger partial charge >= 0.3 is 0 Å². The van der Waals surface area contributed by atoms with Crippen LogP contribution in [0.5, 0.6) is 0 Å². The molecule has 1 aromatic heterocycles. The Labute approximate surface area is 97.2 Å². The van der Waals surface area contributed by atoms with Crippen LogP contribution >= 0.6 is 0 Å². The molecule has 1 aromatic carbocycles. The third-order valence-electron chi connectivity index (χ3n) is 3.08. The summed E-state index contributed by atoms with van der Waals surface area (Å²) in [5.41, 5.74) is 6.72. The molecule has 0 saturated heterocycles. The Kier molecular flexibility index (Phi) is 1.95. The number of rotatable bonds is 1. The fourth-order valence-corrected chi connectivity index (χ4v) is 2.29. The van der Waals surface area contributed by atoms with E-state index in [1.807, 2.05) is 24.3 Å². The van der Waals surface area contributed by atoms with Crippen LogP contribution in [0.25, 0.3) is 10.9 Å². The van der Waals surface area contributed by atoms with Crippen molar-refractivity contribution < 1.29 is 9.59 Å². The summed E-state index contributed by atoms with van der Waals surface area (Å²) in [5.74, 6) is -0.605. The zero-order valence-corrected chi connectivity index (χ0v) is 9.01. The van der Waals surface area contributed by atoms with Crippen LogP contribution in [0.2, 0.25) is 0 Å². The van der Waals surface area contributed by atoms with Crippen molar-refractivity contribution in [2.45, 2.75) is 6.04 Å². The summed E-state index contributed by atoms with van der Waals surface area (Å²) in [7, 11) is 0. The average Bonchev–Trinajstić information content (AvgIpc) is 2.69. The third kappa shape index (κ3) is 1.32. The molecule has 17 heavy (non-hydrogen) atoms. The van der Waals surface area contributed by atoms with Crippen LogP contribution in [0.1, 0.15) is 16.5 Å². The van der Waals surface area contributed by atoms with Crippen molar-refractivity contribution in [3.05, 3.63) is 36.0 Å². The average molecular weight is 229 g/mol. The van der Waals surface area contributed by atoms with Crippen LogP contribution in [0.4, 0.5) is 0 Å². The summed E-state index contributed by atoms with van der Waals surface area (Å²) < 4.78 is 1.72. The van der Waals surface area contributed by atoms with Gasteiger partial charge in [-0.25, -0.2) is 0 Å². The molecule has 0 radical (unpaired) electrons. The van der Waals surface area contributed by atoms with E-state index in [0.717, 1.165) is 10.9 Å². The van der Waals surface area contributed by atoms with Crippen molar-refractivity contribution in [2.24, 2.45) is 5.73 Å². The minimum absolute atomic E-state index is 0.168. The van der Waals surface area contributed by atoms with E-state index in [-0.39, 0.29) is 12.5 Å². The monoisotopic (exact) mass is 229 g/mol. The van der Waals surface area contributed by atoms with E-state index in [9.17, 15) is 9.59 Å². The number of nitrogens with two attached hydrogens (primary N) is 1. The number of primary amides is 1. The highest BCUT2D eigenvalue weighted by atomic mass is 16.2. The Morgan fingerprint density at radius 2 is 2.18 bits per heavy atom. The first-order valence-electron chi connectivity index (χ1n) is 5.36. The van der Waals surface area contributed by atoms with E-state index in [1.165, 1.54) is 0 Å². The maximum Gasteiger partial charge on any atom is 0.268 e. The van der Waals surface area contributed by atoms with E-state index in [4.69, 9.17) is 5.73 Å². The topological polar surface area (TPSA) is 77.1 Å². The van der Waals surface area contributed by atoms with Crippen LogP contribution in [0.3, 0.4) is 0 Å². The molecule has 1 unspecified atom stereocenters. The molecular formula is C12H11N3O2. The number of para-hydroxylation sites is 1. The second-order valence-corrected chi connectivity index (χ2v) is 4.09. The second kappa shape index (κ2) is 3.35. The summed E-state index contributed by atoms with van der Waals surface area (Å²) in [6.07, 6.45) is 0. The maximum absolute atomic E-state index is 11.7. The van der Waals surface area contributed by atoms with Crippen LogP contribution in [-0.4, -0.2) is 22.9 Å². The normalized spacial score (nSPS) is 18.8. The van der Waals surface area contributed by atoms with Gasteiger partial charge in [-0.05, 0) is 12.1 Å². The molecule has 2 amide bonds. The van der Waals surface area contributed by atoms with Crippen molar-refractivity contribution in [3.8, 4) is 0 Å². The van der Waals surface area contributed by atoms with E-state index in [2.05, 4.69) is 5.32 Å². The number of hydrogen-bond donors (Lipinski definition) is 2. The molecule has 1 aliphatic rings. The molecule has 0 fully saturated rings. The molecule has 2 heterocycles. The Morgan fingerprint density at radius 3 is 2.94 bits per heavy atom. The van der Waals surface area contributed by atoms with Crippen LogP contribution in [0, 0.1) is 0 Å². The van der Waals surface area contributed by atoms with Crippen LogP contribution in [0.15, 0.2) is 30.3 Å². The van der Waals surface area contributed by atoms with Crippen LogP contribution < -0.4 is 11.1 Å². The molecule has 86 valence electrons. The largest absolute Gasteiger partial charge is 0.368 e. The highest BCUT2D eigenvalue weighted by Crippen LogP contribution is 2.26. The summed E-state index contributed by atoms with van der Waals surface area (Å²) >= 11 is 0. The number of carbonyl (C=O) groups is 2. The van der Waals surface area contributed by atoms with Gasteiger partial charge in [0.05, 0.1) is 0 Å². The second-order valence-electron chi connectivity index (χ2n) is 4.09. The highest BCUT2D eigenvalue weighted by Gasteiger charge is 2.29. The highest BCUT2D eigenvalue weighted by molar-refractivity contribution is 6.01. The number of carbonyl (C=O) groups excluding carboxylic acids is 2. The van der Waals surface area contributed by atoms with Gasteiger partial charge in [0, 0.05) is 17.4 Å². The first-order chi connectivity index (χ1) is 8.18. The van der Waals surface area contributed by atoms with Gasteiger partial charge in [0.1, 0.15) is 11.7 Å². The zero-order chi connectivity index (χ0) is 12.0. The fraction of sp³-hybridized carbons (Fsp3) is 0.167. The van der Waals surface area contributed by atoms with Crippen molar-refractivity contribution in [1.82, 2.24) is 9.88 Å². The lowest BCUT2D eigenvalue weighted by atomic mass is 10.2. The third-order valence-corrected chi connectivity index (χ3v) is 3.08. The Balaban J connectivity index is 2.34. The summed E-state index contributed by atoms with van der Waals surface area (Å²) in [5, 5.41) is 3.61. The molecule has 3 N–H and O–H groups in total. The lowest BCUT2D eigenvalue weighted by molar-refractivity contribution is -0.121. The van der Waals surface area contributed by atoms with Gasteiger partial charge in [0.25, 0.3) is 5.91 Å². The minimum Gasteiger partial charge on any atom is -0.368 e. The van der Waals surface area contributed by atoms with Crippen molar-refractivity contribution in [2.75, 3.05) is 6.54 Å². The van der Waals surface area contributed by atoms with Crippen molar-refractivity contribution in [3.63, 3.8) is 0 Å². The molecule has 0 aliphatic carbocycles. The smallest absolute Gasteiger partial charge is 0.268 e. The van der Waals surface area contributed by atoms with Gasteiger partial charge < -0.3 is 15.6 Å². The molecular weight excluding hydrogens is 218 g/mol. The van der Waals surface area contributed by atoms with Gasteiger partial charge in [-0.2, -0.15) is 0 Å². The number of hydrogen-bond acceptors (Lipinski definition) is 2. The van der Waals surface area contributed by atoms with Gasteiger partial charge in [0.2, 0.25) is 5.91 Å². The number of amides is 2. The number of benzene rings is 1. The van der Waals surface area contributed by atoms with E-state index in [0.29, 0.717) is 5.69 Å². The SMILES string of the molecule is NC(=O)C1CNC(=O)c2cc3ccccc3n21. The molecule has 1 atom stereocenters. The minimum atomic E-state index is -0.511. The van der Waals surface area contributed by atoms with Gasteiger partial charge in [-0.1, -0.05) is 18.2 Å². The predicted octanol–water partition coefficient (Wildman–Crippen LogP) is 0.411. The molecule has 0 bridgehead atoms. The zero-order valence-electron chi connectivity index (χ0n) is 9.01. The Morgan fingerprint density at radius 1 is 1.41 bits per heavy atom. The molecule has 2 aromatic rings. The number of aromatic nitrogens is 1. The molecule has 1 aliphatic heterocycles. The Bertz CT molecular complexity index is 630. The van der Waals surface area contributed by atoms with Crippen LogP contribution in [-0.2, 0) is 4.79 Å². The lowest BCUT2D eigenvalue weighted by Gasteiger charge is -2.24. The molecule has 0 saturated carbocycles. The summed E-state index contributed by atoms with van der Waals surface area (Å²) in [6, 6.07) is 8.83. The Hall–Kier alpha value is -2.30. The number of fused-ring (bicyclic) bond motifs is 3. The quantitative estimate of drug-likeness (QED) is 0.743. The molecule has 3 rings (SSSR count). The first-order valence-corrected chi connectivity index (χ1v) is 5.36. The van der Waals surface area contributed by atoms with E-state index in [1.54, 1.807) is 10.6 Å².